The molecule has 3 N–H and O–H groups in total. The second kappa shape index (κ2) is 10.4. The highest BCUT2D eigenvalue weighted by atomic mass is 32.2. The van der Waals surface area contributed by atoms with E-state index in [0.717, 1.165) is 12.1 Å². The smallest absolute Gasteiger partial charge is 0.262 e. The maximum atomic E-state index is 13.0. The van der Waals surface area contributed by atoms with Crippen molar-refractivity contribution < 1.29 is 9.59 Å². The van der Waals surface area contributed by atoms with E-state index in [-0.39, 0.29) is 23.1 Å². The van der Waals surface area contributed by atoms with Gasteiger partial charge in [0.15, 0.2) is 10.3 Å². The summed E-state index contributed by atoms with van der Waals surface area (Å²) in [5.74, 6) is -0.410. The fourth-order valence-electron chi connectivity index (χ4n) is 2.90. The lowest BCUT2D eigenvalue weighted by Crippen LogP contribution is -2.24. The molecule has 158 valence electrons. The number of carbonyl (C=O) groups excluding carboxylic acids is 2. The zero-order valence-corrected chi connectivity index (χ0v) is 18.2. The number of carbonyl (C=O) groups is 2. The topological polar surface area (TPSA) is 120 Å². The van der Waals surface area contributed by atoms with Gasteiger partial charge in [-0.1, -0.05) is 30.3 Å². The molecule has 3 aromatic rings. The van der Waals surface area contributed by atoms with Crippen molar-refractivity contribution in [3.05, 3.63) is 45.7 Å². The van der Waals surface area contributed by atoms with Crippen LogP contribution < -0.4 is 16.6 Å². The summed E-state index contributed by atoms with van der Waals surface area (Å²) in [5.41, 5.74) is 6.49. The number of nitrogens with two attached hydrogens (primary N) is 1. The van der Waals surface area contributed by atoms with Crippen LogP contribution in [0.2, 0.25) is 0 Å². The average Bonchev–Trinajstić information content (AvgIpc) is 3.12. The van der Waals surface area contributed by atoms with Crippen molar-refractivity contribution in [2.75, 3.05) is 11.1 Å². The molecule has 0 bridgehead atoms. The molecule has 0 saturated heterocycles. The second-order valence-electron chi connectivity index (χ2n) is 6.78. The van der Waals surface area contributed by atoms with Gasteiger partial charge >= 0.3 is 0 Å². The molecule has 2 heterocycles. The first-order valence-corrected chi connectivity index (χ1v) is 11.4. The first kappa shape index (κ1) is 22.0. The molecule has 0 aliphatic carbocycles. The van der Waals surface area contributed by atoms with E-state index >= 15 is 0 Å². The van der Waals surface area contributed by atoms with Gasteiger partial charge in [-0.05, 0) is 31.9 Å². The highest BCUT2D eigenvalue weighted by Crippen LogP contribution is 2.20. The van der Waals surface area contributed by atoms with E-state index in [1.54, 1.807) is 22.8 Å². The summed E-state index contributed by atoms with van der Waals surface area (Å²) in [4.78, 5) is 45.0. The van der Waals surface area contributed by atoms with Crippen molar-refractivity contribution in [3.63, 3.8) is 0 Å². The van der Waals surface area contributed by atoms with Crippen LogP contribution in [0.4, 0.5) is 5.13 Å². The molecule has 0 saturated carbocycles. The molecular formula is C20H23N5O3S2. The minimum atomic E-state index is -0.322. The van der Waals surface area contributed by atoms with Crippen LogP contribution in [0.15, 0.2) is 39.6 Å². The second-order valence-corrected chi connectivity index (χ2v) is 8.58. The Kier molecular flexibility index (Phi) is 7.58. The van der Waals surface area contributed by atoms with Gasteiger partial charge in [-0.3, -0.25) is 19.0 Å². The van der Waals surface area contributed by atoms with Crippen LogP contribution in [0, 0.1) is 6.92 Å². The number of fused-ring (bicyclic) bond motifs is 1. The Morgan fingerprint density at radius 2 is 2.00 bits per heavy atom. The van der Waals surface area contributed by atoms with Crippen molar-refractivity contribution in [3.8, 4) is 0 Å². The zero-order valence-electron chi connectivity index (χ0n) is 16.6. The minimum absolute atomic E-state index is 0.116. The van der Waals surface area contributed by atoms with Crippen LogP contribution in [0.1, 0.15) is 31.4 Å². The van der Waals surface area contributed by atoms with Crippen molar-refractivity contribution in [2.24, 2.45) is 5.73 Å². The van der Waals surface area contributed by atoms with Gasteiger partial charge < -0.3 is 11.1 Å². The van der Waals surface area contributed by atoms with Crippen molar-refractivity contribution in [1.29, 1.82) is 0 Å². The van der Waals surface area contributed by atoms with Gasteiger partial charge in [-0.2, -0.15) is 0 Å². The molecule has 8 nitrogen and oxygen atoms in total. The fraction of sp³-hybridized carbons (Fsp3) is 0.350. The lowest BCUT2D eigenvalue weighted by atomic mass is 10.2. The molecule has 1 aromatic carbocycles. The van der Waals surface area contributed by atoms with Crippen LogP contribution in [-0.2, 0) is 16.1 Å². The Balaban J connectivity index is 1.73. The van der Waals surface area contributed by atoms with Gasteiger partial charge in [0.2, 0.25) is 11.8 Å². The van der Waals surface area contributed by atoms with E-state index < -0.39 is 0 Å². The summed E-state index contributed by atoms with van der Waals surface area (Å²) in [6.45, 7) is 2.33. The largest absolute Gasteiger partial charge is 0.370 e. The SMILES string of the molecule is Cc1csc(NC(=O)CSc2nc3ccccc3c(=O)n2CCCCCC(N)=O)n1. The Morgan fingerprint density at radius 1 is 1.20 bits per heavy atom. The third kappa shape index (κ3) is 5.90. The van der Waals surface area contributed by atoms with E-state index in [1.807, 2.05) is 18.4 Å². The van der Waals surface area contributed by atoms with E-state index in [0.29, 0.717) is 47.0 Å². The lowest BCUT2D eigenvalue weighted by molar-refractivity contribution is -0.118. The number of hydrogen-bond donors (Lipinski definition) is 2. The predicted octanol–water partition coefficient (Wildman–Crippen LogP) is 2.94. The third-order valence-electron chi connectivity index (χ3n) is 4.33. The number of primary amides is 1. The van der Waals surface area contributed by atoms with Gasteiger partial charge in [-0.15, -0.1) is 11.3 Å². The molecule has 3 rings (SSSR count). The van der Waals surface area contributed by atoms with Gasteiger partial charge in [-0.25, -0.2) is 9.97 Å². The first-order chi connectivity index (χ1) is 14.4. The summed E-state index contributed by atoms with van der Waals surface area (Å²) in [5, 5.41) is 6.22. The summed E-state index contributed by atoms with van der Waals surface area (Å²) >= 11 is 2.59. The minimum Gasteiger partial charge on any atom is -0.370 e. The number of thioether (sulfide) groups is 1. The van der Waals surface area contributed by atoms with Crippen LogP contribution in [0.5, 0.6) is 0 Å². The molecule has 0 fully saturated rings. The average molecular weight is 446 g/mol. The van der Waals surface area contributed by atoms with E-state index in [9.17, 15) is 14.4 Å². The fourth-order valence-corrected chi connectivity index (χ4v) is 4.43. The predicted molar refractivity (Wildman–Crippen MR) is 120 cm³/mol. The molecular weight excluding hydrogens is 422 g/mol. The van der Waals surface area contributed by atoms with Crippen LogP contribution >= 0.6 is 23.1 Å². The normalized spacial score (nSPS) is 11.0. The summed E-state index contributed by atoms with van der Waals surface area (Å²) in [6, 6.07) is 7.17. The number of para-hydroxylation sites is 1. The Bertz CT molecular complexity index is 1110. The number of anilines is 1. The molecule has 0 atom stereocenters. The summed E-state index contributed by atoms with van der Waals surface area (Å²) in [7, 11) is 0. The Hall–Kier alpha value is -2.72. The van der Waals surface area contributed by atoms with Crippen LogP contribution in [0.25, 0.3) is 10.9 Å². The Labute approximate surface area is 181 Å². The molecule has 0 aliphatic heterocycles. The quantitative estimate of drug-likeness (QED) is 0.281. The van der Waals surface area contributed by atoms with Crippen LogP contribution in [0.3, 0.4) is 0 Å². The molecule has 2 aromatic heterocycles. The maximum absolute atomic E-state index is 13.0. The molecule has 2 amide bonds. The summed E-state index contributed by atoms with van der Waals surface area (Å²) in [6.07, 6.45) is 2.51. The number of aromatic nitrogens is 3. The molecule has 0 radical (unpaired) electrons. The van der Waals surface area contributed by atoms with Gasteiger partial charge in [0.1, 0.15) is 0 Å². The van der Waals surface area contributed by atoms with Crippen molar-refractivity contribution in [1.82, 2.24) is 14.5 Å². The number of thiazole rings is 1. The van der Waals surface area contributed by atoms with Gasteiger partial charge in [0.25, 0.3) is 5.56 Å². The number of nitrogens with one attached hydrogen (secondary N) is 1. The standard InChI is InChI=1S/C20H23N5O3S2/c1-13-11-29-19(22-13)24-17(27)12-30-20-23-15-8-5-4-7-14(15)18(28)25(20)10-6-2-3-9-16(21)26/h4-5,7-8,11H,2-3,6,9-10,12H2,1H3,(H2,21,26)(H,22,24,27). The number of unbranched alkanes of at least 4 members (excludes halogenated alkanes) is 2. The number of benzene rings is 1. The molecule has 0 spiro atoms. The first-order valence-electron chi connectivity index (χ1n) is 9.56. The highest BCUT2D eigenvalue weighted by Gasteiger charge is 2.14. The third-order valence-corrected chi connectivity index (χ3v) is 6.18. The highest BCUT2D eigenvalue weighted by molar-refractivity contribution is 7.99. The van der Waals surface area contributed by atoms with Gasteiger partial charge in [0, 0.05) is 18.3 Å². The molecule has 0 unspecified atom stereocenters. The van der Waals surface area contributed by atoms with Crippen LogP contribution in [-0.4, -0.2) is 32.1 Å². The molecule has 0 aliphatic rings. The van der Waals surface area contributed by atoms with Gasteiger partial charge in [0.05, 0.1) is 22.3 Å². The lowest BCUT2D eigenvalue weighted by Gasteiger charge is -2.13. The van der Waals surface area contributed by atoms with E-state index in [4.69, 9.17) is 5.73 Å². The summed E-state index contributed by atoms with van der Waals surface area (Å²) < 4.78 is 1.61. The van der Waals surface area contributed by atoms with E-state index in [1.165, 1.54) is 23.1 Å². The monoisotopic (exact) mass is 445 g/mol. The molecule has 30 heavy (non-hydrogen) atoms. The Morgan fingerprint density at radius 3 is 2.73 bits per heavy atom. The number of nitrogens with zero attached hydrogens (tertiary/aromatic N) is 3. The number of hydrogen-bond acceptors (Lipinski definition) is 7. The molecule has 10 heteroatoms. The maximum Gasteiger partial charge on any atom is 0.262 e. The van der Waals surface area contributed by atoms with Crippen molar-refractivity contribution >= 4 is 50.9 Å². The van der Waals surface area contributed by atoms with Crippen molar-refractivity contribution in [2.45, 2.75) is 44.3 Å². The van der Waals surface area contributed by atoms with E-state index in [2.05, 4.69) is 15.3 Å². The number of amides is 2. The zero-order chi connectivity index (χ0) is 21.5. The number of aryl methyl sites for hydroxylation is 1. The number of rotatable bonds is 10.